The summed E-state index contributed by atoms with van der Waals surface area (Å²) in [6, 6.07) is 0. The molecule has 0 saturated heterocycles. The van der Waals surface area contributed by atoms with Gasteiger partial charge in [-0.05, 0) is 96.3 Å². The maximum atomic E-state index is 12.9. The highest BCUT2D eigenvalue weighted by Gasteiger charge is 2.19. The number of hydrogen-bond acceptors (Lipinski definition) is 6. The summed E-state index contributed by atoms with van der Waals surface area (Å²) in [5, 5.41) is 0. The fraction of sp³-hybridized carbons (Fsp3) is 0.693. The van der Waals surface area contributed by atoms with Crippen LogP contribution in [0.2, 0.25) is 0 Å². The van der Waals surface area contributed by atoms with Crippen LogP contribution in [0.3, 0.4) is 0 Å². The van der Waals surface area contributed by atoms with E-state index in [-0.39, 0.29) is 31.1 Å². The molecule has 0 aromatic heterocycles. The van der Waals surface area contributed by atoms with Gasteiger partial charge in [0.25, 0.3) is 0 Å². The van der Waals surface area contributed by atoms with Gasteiger partial charge in [-0.15, -0.1) is 0 Å². The first kappa shape index (κ1) is 76.8. The van der Waals surface area contributed by atoms with Crippen LogP contribution in [0, 0.1) is 0 Å². The predicted molar refractivity (Wildman–Crippen MR) is 353 cm³/mol. The second-order valence-corrected chi connectivity index (χ2v) is 22.4. The van der Waals surface area contributed by atoms with Crippen molar-refractivity contribution in [1.29, 1.82) is 0 Å². The number of ether oxygens (including phenoxy) is 3. The maximum absolute atomic E-state index is 12.9. The van der Waals surface area contributed by atoms with Gasteiger partial charge in [0, 0.05) is 19.3 Å². The second kappa shape index (κ2) is 68.3. The molecule has 6 nitrogen and oxygen atoms in total. The van der Waals surface area contributed by atoms with Gasteiger partial charge in [0.2, 0.25) is 0 Å². The molecule has 0 bridgehead atoms. The van der Waals surface area contributed by atoms with Crippen LogP contribution in [-0.2, 0) is 28.6 Å². The zero-order valence-corrected chi connectivity index (χ0v) is 53.0. The van der Waals surface area contributed by atoms with Crippen molar-refractivity contribution in [1.82, 2.24) is 0 Å². The molecule has 0 N–H and O–H groups in total. The molecule has 0 aliphatic heterocycles. The Kier molecular flexibility index (Phi) is 64.8. The summed E-state index contributed by atoms with van der Waals surface area (Å²) in [6.07, 6.45) is 95.1. The van der Waals surface area contributed by atoms with Crippen molar-refractivity contribution in [2.45, 2.75) is 322 Å². The minimum Gasteiger partial charge on any atom is -0.462 e. The van der Waals surface area contributed by atoms with Crippen molar-refractivity contribution >= 4 is 17.9 Å². The standard InChI is InChI=1S/C75H126O6/c1-4-7-10-13-16-19-22-24-26-28-30-31-32-33-34-35-36-37-38-39-40-41-42-43-44-45-46-48-49-51-53-56-59-62-65-68-74(77)80-71-72(70-79-73(76)67-64-61-58-55-21-18-15-12-9-6-3)81-75(78)69-66-63-60-57-54-52-50-47-29-27-25-23-20-17-14-11-8-5-2/h7,10,16,19,24,26,30-31,33-34,36-37,39-40,42-43,45-46,49,51,72H,4-6,8-9,11-15,17-18,20-23,25,27-29,32,35,38,41,44,47-48,50,52-71H2,1-3H3/b10-7-,19-16-,26-24-,31-30-,34-33-,37-36-,40-39-,43-42-,46-45-,51-49-. The molecule has 0 aromatic carbocycles. The Hall–Kier alpha value is -4.19. The minimum atomic E-state index is -0.787. The summed E-state index contributed by atoms with van der Waals surface area (Å²) >= 11 is 0. The number of unbranched alkanes of at least 4 members (excludes halogenated alkanes) is 30. The molecule has 6 heteroatoms. The summed E-state index contributed by atoms with van der Waals surface area (Å²) in [5.41, 5.74) is 0. The molecular weight excluding hydrogens is 997 g/mol. The summed E-state index contributed by atoms with van der Waals surface area (Å²) in [7, 11) is 0. The van der Waals surface area contributed by atoms with Gasteiger partial charge in [0.1, 0.15) is 13.2 Å². The van der Waals surface area contributed by atoms with Crippen LogP contribution in [0.25, 0.3) is 0 Å². The van der Waals surface area contributed by atoms with E-state index < -0.39 is 6.10 Å². The Morgan fingerprint density at radius 3 is 0.753 bits per heavy atom. The third kappa shape index (κ3) is 66.5. The SMILES string of the molecule is CC/C=C\C/C=C\C/C=C\C/C=C\C/C=C\C/C=C\C/C=C\C/C=C\C/C=C\C/C=C\CCCCCCC(=O)OCC(COC(=O)CCCCCCCCCCCC)OC(=O)CCCCCCCCCCCCCCCCCCCC. The monoisotopic (exact) mass is 1120 g/mol. The third-order valence-corrected chi connectivity index (χ3v) is 14.5. The van der Waals surface area contributed by atoms with Crippen LogP contribution in [0.1, 0.15) is 316 Å². The minimum absolute atomic E-state index is 0.0831. The van der Waals surface area contributed by atoms with Crippen LogP contribution >= 0.6 is 0 Å². The number of carbonyl (C=O) groups excluding carboxylic acids is 3. The number of esters is 3. The Morgan fingerprint density at radius 1 is 0.259 bits per heavy atom. The topological polar surface area (TPSA) is 78.9 Å². The molecule has 0 fully saturated rings. The number of allylic oxidation sites excluding steroid dienone is 20. The van der Waals surface area contributed by atoms with Crippen molar-refractivity contribution in [3.63, 3.8) is 0 Å². The van der Waals surface area contributed by atoms with Gasteiger partial charge in [-0.25, -0.2) is 0 Å². The molecule has 0 radical (unpaired) electrons. The Labute approximate surface area is 501 Å². The molecule has 0 aliphatic rings. The molecule has 0 aromatic rings. The highest BCUT2D eigenvalue weighted by atomic mass is 16.6. The normalized spacial score (nSPS) is 12.9. The molecule has 1 atom stereocenters. The number of carbonyl (C=O) groups is 3. The van der Waals surface area contributed by atoms with Gasteiger partial charge < -0.3 is 14.2 Å². The molecule has 0 rings (SSSR count). The van der Waals surface area contributed by atoms with Crippen LogP contribution in [0.15, 0.2) is 122 Å². The maximum Gasteiger partial charge on any atom is 0.306 e. The lowest BCUT2D eigenvalue weighted by Gasteiger charge is -2.18. The summed E-state index contributed by atoms with van der Waals surface area (Å²) < 4.78 is 16.9. The quantitative estimate of drug-likeness (QED) is 0.0261. The lowest BCUT2D eigenvalue weighted by atomic mass is 10.0. The molecule has 0 heterocycles. The fourth-order valence-corrected chi connectivity index (χ4v) is 9.41. The van der Waals surface area contributed by atoms with Crippen LogP contribution in [0.4, 0.5) is 0 Å². The Morgan fingerprint density at radius 2 is 0.481 bits per heavy atom. The zero-order valence-electron chi connectivity index (χ0n) is 53.0. The molecule has 0 spiro atoms. The van der Waals surface area contributed by atoms with Crippen LogP contribution in [0.5, 0.6) is 0 Å². The van der Waals surface area contributed by atoms with E-state index >= 15 is 0 Å². The molecule has 0 aliphatic carbocycles. The number of rotatable bonds is 61. The van der Waals surface area contributed by atoms with Crippen molar-refractivity contribution in [3.8, 4) is 0 Å². The van der Waals surface area contributed by atoms with Crippen molar-refractivity contribution < 1.29 is 28.6 Å². The predicted octanol–water partition coefficient (Wildman–Crippen LogP) is 23.6. The highest BCUT2D eigenvalue weighted by Crippen LogP contribution is 2.17. The van der Waals surface area contributed by atoms with Crippen LogP contribution in [-0.4, -0.2) is 37.2 Å². The third-order valence-electron chi connectivity index (χ3n) is 14.5. The van der Waals surface area contributed by atoms with Gasteiger partial charge >= 0.3 is 17.9 Å². The molecule has 81 heavy (non-hydrogen) atoms. The molecule has 0 amide bonds. The highest BCUT2D eigenvalue weighted by molar-refractivity contribution is 5.71. The first-order chi connectivity index (χ1) is 40.0. The summed E-state index contributed by atoms with van der Waals surface area (Å²) in [4.78, 5) is 38.2. The molecule has 462 valence electrons. The smallest absolute Gasteiger partial charge is 0.306 e. The van der Waals surface area contributed by atoms with E-state index in [9.17, 15) is 14.4 Å². The summed E-state index contributed by atoms with van der Waals surface area (Å²) in [6.45, 7) is 6.52. The lowest BCUT2D eigenvalue weighted by Crippen LogP contribution is -2.30. The van der Waals surface area contributed by atoms with E-state index in [1.807, 2.05) is 0 Å². The lowest BCUT2D eigenvalue weighted by molar-refractivity contribution is -0.167. The van der Waals surface area contributed by atoms with Gasteiger partial charge in [-0.3, -0.25) is 14.4 Å². The van der Waals surface area contributed by atoms with E-state index in [1.54, 1.807) is 0 Å². The average molecular weight is 1120 g/mol. The van der Waals surface area contributed by atoms with E-state index in [0.717, 1.165) is 135 Å². The van der Waals surface area contributed by atoms with E-state index in [2.05, 4.69) is 142 Å². The summed E-state index contributed by atoms with van der Waals surface area (Å²) in [5.74, 6) is -0.900. The first-order valence-corrected chi connectivity index (χ1v) is 34.0. The Bertz CT molecular complexity index is 1670. The van der Waals surface area contributed by atoms with Crippen molar-refractivity contribution in [2.24, 2.45) is 0 Å². The van der Waals surface area contributed by atoms with Gasteiger partial charge in [0.05, 0.1) is 0 Å². The van der Waals surface area contributed by atoms with Gasteiger partial charge in [-0.2, -0.15) is 0 Å². The van der Waals surface area contributed by atoms with Gasteiger partial charge in [0.15, 0.2) is 6.10 Å². The number of hydrogen-bond donors (Lipinski definition) is 0. The van der Waals surface area contributed by atoms with Crippen LogP contribution < -0.4 is 0 Å². The molecular formula is C75H126O6. The fourth-order valence-electron chi connectivity index (χ4n) is 9.41. The Balaban J connectivity index is 4.26. The van der Waals surface area contributed by atoms with Gasteiger partial charge in [-0.1, -0.05) is 322 Å². The van der Waals surface area contributed by atoms with E-state index in [4.69, 9.17) is 14.2 Å². The van der Waals surface area contributed by atoms with E-state index in [0.29, 0.717) is 19.3 Å². The largest absolute Gasteiger partial charge is 0.462 e. The van der Waals surface area contributed by atoms with Crippen molar-refractivity contribution in [2.75, 3.05) is 13.2 Å². The second-order valence-electron chi connectivity index (χ2n) is 22.4. The van der Waals surface area contributed by atoms with Crippen molar-refractivity contribution in [3.05, 3.63) is 122 Å². The average Bonchev–Trinajstić information content (AvgIpc) is 3.47. The first-order valence-electron chi connectivity index (χ1n) is 34.0. The molecule has 1 unspecified atom stereocenters. The molecule has 0 saturated carbocycles. The zero-order chi connectivity index (χ0) is 58.5. The van der Waals surface area contributed by atoms with E-state index in [1.165, 1.54) is 141 Å².